The molecular formula is C14H17NO. The van der Waals surface area contributed by atoms with Crippen LogP contribution in [0.2, 0.25) is 0 Å². The van der Waals surface area contributed by atoms with E-state index in [1.807, 2.05) is 19.1 Å². The highest BCUT2D eigenvalue weighted by atomic mass is 16.3. The largest absolute Gasteiger partial charge is 0.506 e. The Bertz CT molecular complexity index is 538. The summed E-state index contributed by atoms with van der Waals surface area (Å²) >= 11 is 0. The molecule has 0 saturated heterocycles. The second-order valence-corrected chi connectivity index (χ2v) is 5.23. The molecule has 1 aromatic carbocycles. The van der Waals surface area contributed by atoms with Gasteiger partial charge in [-0.2, -0.15) is 0 Å². The maximum absolute atomic E-state index is 9.82. The average Bonchev–Trinajstić information content (AvgIpc) is 2.17. The Balaban J connectivity index is 2.89. The van der Waals surface area contributed by atoms with Gasteiger partial charge in [0, 0.05) is 11.1 Å². The van der Waals surface area contributed by atoms with Crippen molar-refractivity contribution in [3.05, 3.63) is 35.5 Å². The topological polar surface area (TPSA) is 33.1 Å². The zero-order chi connectivity index (χ0) is 11.9. The second-order valence-electron chi connectivity index (χ2n) is 5.23. The molecule has 2 rings (SSSR count). The van der Waals surface area contributed by atoms with Gasteiger partial charge in [-0.15, -0.1) is 0 Å². The monoisotopic (exact) mass is 215 g/mol. The predicted octanol–water partition coefficient (Wildman–Crippen LogP) is 3.55. The molecule has 2 nitrogen and oxygen atoms in total. The van der Waals surface area contributed by atoms with E-state index in [2.05, 4.69) is 31.8 Å². The van der Waals surface area contributed by atoms with Crippen LogP contribution in [-0.2, 0) is 5.41 Å². The Hall–Kier alpha value is -1.57. The molecule has 1 N–H and O–H groups in total. The number of rotatable bonds is 0. The van der Waals surface area contributed by atoms with Gasteiger partial charge in [-0.1, -0.05) is 32.9 Å². The minimum absolute atomic E-state index is 0.0553. The van der Waals surface area contributed by atoms with Gasteiger partial charge in [0.1, 0.15) is 11.3 Å². The number of pyridine rings is 1. The van der Waals surface area contributed by atoms with E-state index in [0.29, 0.717) is 5.52 Å². The summed E-state index contributed by atoms with van der Waals surface area (Å²) in [4.78, 5) is 4.40. The number of para-hydroxylation sites is 1. The first-order chi connectivity index (χ1) is 7.39. The van der Waals surface area contributed by atoms with Crippen molar-refractivity contribution in [1.82, 2.24) is 4.98 Å². The molecule has 16 heavy (non-hydrogen) atoms. The highest BCUT2D eigenvalue weighted by Crippen LogP contribution is 2.32. The molecule has 1 heterocycles. The number of aromatic nitrogens is 1. The number of nitrogens with zero attached hydrogens (tertiary/aromatic N) is 1. The van der Waals surface area contributed by atoms with E-state index in [9.17, 15) is 5.11 Å². The zero-order valence-electron chi connectivity index (χ0n) is 10.2. The lowest BCUT2D eigenvalue weighted by atomic mass is 9.84. The Morgan fingerprint density at radius 1 is 1.19 bits per heavy atom. The van der Waals surface area contributed by atoms with Gasteiger partial charge in [-0.05, 0) is 30.0 Å². The number of aryl methyl sites for hydroxylation is 1. The number of aromatic hydroxyl groups is 1. The molecule has 0 unspecified atom stereocenters. The second kappa shape index (κ2) is 3.48. The number of phenolic OH excluding ortho intramolecular Hbond substituents is 1. The summed E-state index contributed by atoms with van der Waals surface area (Å²) < 4.78 is 0. The molecule has 2 heteroatoms. The molecular weight excluding hydrogens is 198 g/mol. The minimum atomic E-state index is 0.0553. The van der Waals surface area contributed by atoms with Crippen molar-refractivity contribution in [3.63, 3.8) is 0 Å². The number of phenols is 1. The van der Waals surface area contributed by atoms with Crippen LogP contribution in [0.1, 0.15) is 32.0 Å². The molecule has 2 aromatic rings. The third kappa shape index (κ3) is 1.75. The number of hydrogen-bond acceptors (Lipinski definition) is 2. The van der Waals surface area contributed by atoms with Gasteiger partial charge < -0.3 is 5.11 Å². The van der Waals surface area contributed by atoms with E-state index in [-0.39, 0.29) is 11.2 Å². The summed E-state index contributed by atoms with van der Waals surface area (Å²) in [6.45, 7) is 8.48. The van der Waals surface area contributed by atoms with Crippen molar-refractivity contribution < 1.29 is 5.11 Å². The predicted molar refractivity (Wildman–Crippen MR) is 66.8 cm³/mol. The fraction of sp³-hybridized carbons (Fsp3) is 0.357. The van der Waals surface area contributed by atoms with E-state index < -0.39 is 0 Å². The molecule has 0 radical (unpaired) electrons. The molecule has 0 atom stereocenters. The van der Waals surface area contributed by atoms with Crippen molar-refractivity contribution in [3.8, 4) is 5.75 Å². The normalized spacial score (nSPS) is 12.0. The van der Waals surface area contributed by atoms with Crippen molar-refractivity contribution in [2.75, 3.05) is 0 Å². The number of benzene rings is 1. The fourth-order valence-electron chi connectivity index (χ4n) is 1.98. The van der Waals surface area contributed by atoms with Crippen molar-refractivity contribution in [2.45, 2.75) is 33.1 Å². The number of fused-ring (bicyclic) bond motifs is 1. The maximum atomic E-state index is 9.82. The standard InChI is InChI=1S/C14H17NO/c1-9-8-11(14(2,3)4)10-6-5-7-12(16)13(10)15-9/h5-8,16H,1-4H3. The molecule has 0 aliphatic rings. The molecule has 0 aliphatic carbocycles. The fourth-order valence-corrected chi connectivity index (χ4v) is 1.98. The summed E-state index contributed by atoms with van der Waals surface area (Å²) in [7, 11) is 0. The first kappa shape index (κ1) is 10.9. The van der Waals surface area contributed by atoms with Crippen LogP contribution >= 0.6 is 0 Å². The summed E-state index contributed by atoms with van der Waals surface area (Å²) in [5.41, 5.74) is 2.93. The molecule has 1 aromatic heterocycles. The lowest BCUT2D eigenvalue weighted by molar-refractivity contribution is 0.480. The molecule has 0 fully saturated rings. The zero-order valence-corrected chi connectivity index (χ0v) is 10.2. The lowest BCUT2D eigenvalue weighted by Crippen LogP contribution is -2.12. The van der Waals surface area contributed by atoms with Crippen LogP contribution < -0.4 is 0 Å². The molecule has 0 saturated carbocycles. The van der Waals surface area contributed by atoms with Gasteiger partial charge in [0.05, 0.1) is 0 Å². The van der Waals surface area contributed by atoms with Gasteiger partial charge >= 0.3 is 0 Å². The minimum Gasteiger partial charge on any atom is -0.506 e. The summed E-state index contributed by atoms with van der Waals surface area (Å²) in [5.74, 6) is 0.256. The van der Waals surface area contributed by atoms with E-state index in [1.54, 1.807) is 6.07 Å². The maximum Gasteiger partial charge on any atom is 0.141 e. The smallest absolute Gasteiger partial charge is 0.141 e. The van der Waals surface area contributed by atoms with Crippen LogP contribution in [0.4, 0.5) is 0 Å². The quantitative estimate of drug-likeness (QED) is 0.729. The summed E-state index contributed by atoms with van der Waals surface area (Å²) in [6.07, 6.45) is 0. The Morgan fingerprint density at radius 3 is 2.50 bits per heavy atom. The third-order valence-electron chi connectivity index (χ3n) is 2.75. The SMILES string of the molecule is Cc1cc(C(C)(C)C)c2cccc(O)c2n1. The Kier molecular flexibility index (Phi) is 2.38. The van der Waals surface area contributed by atoms with Gasteiger partial charge in [0.15, 0.2) is 0 Å². The van der Waals surface area contributed by atoms with E-state index in [1.165, 1.54) is 5.56 Å². The van der Waals surface area contributed by atoms with E-state index in [4.69, 9.17) is 0 Å². The Labute approximate surface area is 96.0 Å². The van der Waals surface area contributed by atoms with Crippen molar-refractivity contribution in [2.24, 2.45) is 0 Å². The van der Waals surface area contributed by atoms with Crippen LogP contribution in [0.5, 0.6) is 5.75 Å². The highest BCUT2D eigenvalue weighted by molar-refractivity contribution is 5.88. The molecule has 0 aliphatic heterocycles. The van der Waals surface area contributed by atoms with Crippen LogP contribution in [0.3, 0.4) is 0 Å². The van der Waals surface area contributed by atoms with Crippen molar-refractivity contribution >= 4 is 10.9 Å². The highest BCUT2D eigenvalue weighted by Gasteiger charge is 2.18. The van der Waals surface area contributed by atoms with Gasteiger partial charge in [0.25, 0.3) is 0 Å². The van der Waals surface area contributed by atoms with Crippen LogP contribution in [0.15, 0.2) is 24.3 Å². The Morgan fingerprint density at radius 2 is 1.88 bits per heavy atom. The van der Waals surface area contributed by atoms with E-state index >= 15 is 0 Å². The average molecular weight is 215 g/mol. The van der Waals surface area contributed by atoms with Gasteiger partial charge in [0.2, 0.25) is 0 Å². The van der Waals surface area contributed by atoms with Crippen molar-refractivity contribution in [1.29, 1.82) is 0 Å². The summed E-state index contributed by atoms with van der Waals surface area (Å²) in [6, 6.07) is 7.66. The lowest BCUT2D eigenvalue weighted by Gasteiger charge is -2.21. The van der Waals surface area contributed by atoms with Crippen LogP contribution in [0.25, 0.3) is 10.9 Å². The molecule has 84 valence electrons. The van der Waals surface area contributed by atoms with Gasteiger partial charge in [-0.25, -0.2) is 4.98 Å². The molecule has 0 spiro atoms. The first-order valence-corrected chi connectivity index (χ1v) is 5.49. The first-order valence-electron chi connectivity index (χ1n) is 5.49. The van der Waals surface area contributed by atoms with E-state index in [0.717, 1.165) is 11.1 Å². The molecule has 0 amide bonds. The van der Waals surface area contributed by atoms with Crippen LogP contribution in [0, 0.1) is 6.92 Å². The number of hydrogen-bond donors (Lipinski definition) is 1. The van der Waals surface area contributed by atoms with Crippen LogP contribution in [-0.4, -0.2) is 10.1 Å². The summed E-state index contributed by atoms with van der Waals surface area (Å²) in [5, 5.41) is 10.9. The van der Waals surface area contributed by atoms with Gasteiger partial charge in [-0.3, -0.25) is 0 Å². The molecule has 0 bridgehead atoms. The third-order valence-corrected chi connectivity index (χ3v) is 2.75.